The smallest absolute Gasteiger partial charge is 0.0883 e. The van der Waals surface area contributed by atoms with Crippen molar-refractivity contribution in [2.45, 2.75) is 27.7 Å². The highest BCUT2D eigenvalue weighted by atomic mass is 15.1. The molecule has 2 heteroatoms. The number of rotatable bonds is 2. The highest BCUT2D eigenvalue weighted by molar-refractivity contribution is 5.55. The van der Waals surface area contributed by atoms with E-state index in [2.05, 4.69) is 11.6 Å². The number of hydrogen-bond donors (Lipinski definition) is 0. The van der Waals surface area contributed by atoms with E-state index in [4.69, 9.17) is 0 Å². The van der Waals surface area contributed by atoms with Crippen molar-refractivity contribution in [1.29, 1.82) is 0 Å². The van der Waals surface area contributed by atoms with Crippen LogP contribution in [0.4, 0.5) is 0 Å². The minimum absolute atomic E-state index is 1.69. The predicted molar refractivity (Wildman–Crippen MR) is 55.1 cm³/mol. The first-order chi connectivity index (χ1) is 5.31. The zero-order valence-electron chi connectivity index (χ0n) is 8.76. The van der Waals surface area contributed by atoms with Gasteiger partial charge in [0.25, 0.3) is 0 Å². The van der Waals surface area contributed by atoms with E-state index in [0.717, 1.165) is 0 Å². The van der Waals surface area contributed by atoms with Crippen molar-refractivity contribution in [3.05, 3.63) is 12.8 Å². The molecule has 0 fully saturated rings. The van der Waals surface area contributed by atoms with Gasteiger partial charge in [0.15, 0.2) is 0 Å². The zero-order chi connectivity index (χ0) is 9.70. The summed E-state index contributed by atoms with van der Waals surface area (Å²) < 4.78 is 0. The molecule has 68 valence electrons. The van der Waals surface area contributed by atoms with Gasteiger partial charge in [-0.15, -0.1) is 0 Å². The maximum Gasteiger partial charge on any atom is 0.0883 e. The first-order valence-corrected chi connectivity index (χ1v) is 4.08. The lowest BCUT2D eigenvalue weighted by Gasteiger charge is -2.00. The summed E-state index contributed by atoms with van der Waals surface area (Å²) in [5, 5.41) is 0. The molecule has 0 bridgehead atoms. The van der Waals surface area contributed by atoms with Gasteiger partial charge in [0, 0.05) is 14.1 Å². The van der Waals surface area contributed by atoms with Crippen LogP contribution in [-0.2, 0) is 0 Å². The minimum atomic E-state index is 1.69. The molecule has 0 aromatic heterocycles. The molecule has 2 nitrogen and oxygen atoms in total. The van der Waals surface area contributed by atoms with Crippen molar-refractivity contribution in [3.8, 4) is 0 Å². The van der Waals surface area contributed by atoms with Gasteiger partial charge in [0.1, 0.15) is 0 Å². The topological polar surface area (TPSA) is 15.6 Å². The molecule has 0 amide bonds. The Morgan fingerprint density at radius 2 is 1.55 bits per heavy atom. The van der Waals surface area contributed by atoms with E-state index < -0.39 is 0 Å². The van der Waals surface area contributed by atoms with Crippen LogP contribution in [0.15, 0.2) is 17.8 Å². The van der Waals surface area contributed by atoms with Crippen molar-refractivity contribution in [2.75, 3.05) is 14.1 Å². The van der Waals surface area contributed by atoms with Crippen molar-refractivity contribution in [2.24, 2.45) is 4.99 Å². The summed E-state index contributed by atoms with van der Waals surface area (Å²) in [6.45, 7) is 11.5. The second-order valence-electron chi connectivity index (χ2n) is 1.22. The van der Waals surface area contributed by atoms with E-state index >= 15 is 0 Å². The fraction of sp³-hybridized carbons (Fsp3) is 0.667. The first-order valence-electron chi connectivity index (χ1n) is 4.08. The Morgan fingerprint density at radius 1 is 1.18 bits per heavy atom. The largest absolute Gasteiger partial charge is 0.343 e. The number of hydrogen-bond acceptors (Lipinski definition) is 1. The molecule has 0 rings (SSSR count). The summed E-state index contributed by atoms with van der Waals surface area (Å²) in [5.74, 6) is 0. The van der Waals surface area contributed by atoms with Gasteiger partial charge in [-0.1, -0.05) is 34.3 Å². The second-order valence-corrected chi connectivity index (χ2v) is 1.22. The van der Waals surface area contributed by atoms with Crippen LogP contribution in [0.3, 0.4) is 0 Å². The average Bonchev–Trinajstić information content (AvgIpc) is 2.12. The Bertz CT molecular complexity index is 77.6. The molecule has 0 aromatic rings. The SMILES string of the molecule is C=CN(C)C=NC.CC.CC. The Balaban J connectivity index is -0.000000138. The summed E-state index contributed by atoms with van der Waals surface area (Å²) in [5.41, 5.74) is 0. The van der Waals surface area contributed by atoms with E-state index in [1.54, 1.807) is 24.5 Å². The van der Waals surface area contributed by atoms with Gasteiger partial charge in [-0.05, 0) is 6.20 Å². The van der Waals surface area contributed by atoms with Crippen LogP contribution in [0.2, 0.25) is 0 Å². The molecular formula is C9H22N2. The maximum absolute atomic E-state index is 3.74. The summed E-state index contributed by atoms with van der Waals surface area (Å²) in [6.07, 6.45) is 3.38. The molecule has 0 unspecified atom stereocenters. The van der Waals surface area contributed by atoms with Crippen LogP contribution in [0, 0.1) is 0 Å². The maximum atomic E-state index is 3.74. The molecular weight excluding hydrogens is 136 g/mol. The molecule has 0 saturated heterocycles. The van der Waals surface area contributed by atoms with E-state index in [1.165, 1.54) is 0 Å². The molecule has 0 aliphatic heterocycles. The van der Waals surface area contributed by atoms with Crippen LogP contribution < -0.4 is 0 Å². The molecule has 0 saturated carbocycles. The molecule has 0 spiro atoms. The van der Waals surface area contributed by atoms with Gasteiger partial charge >= 0.3 is 0 Å². The minimum Gasteiger partial charge on any atom is -0.343 e. The fourth-order valence-electron chi connectivity index (χ4n) is 0.229. The fourth-order valence-corrected chi connectivity index (χ4v) is 0.229. The zero-order valence-corrected chi connectivity index (χ0v) is 8.76. The van der Waals surface area contributed by atoms with Crippen LogP contribution in [0.25, 0.3) is 0 Å². The Hall–Kier alpha value is -0.790. The molecule has 0 heterocycles. The van der Waals surface area contributed by atoms with Crippen LogP contribution in [0.1, 0.15) is 27.7 Å². The third-order valence-electron chi connectivity index (χ3n) is 0.586. The number of nitrogens with zero attached hydrogens (tertiary/aromatic N) is 2. The van der Waals surface area contributed by atoms with Gasteiger partial charge in [0.05, 0.1) is 6.34 Å². The molecule has 0 aliphatic rings. The average molecular weight is 158 g/mol. The first kappa shape index (κ1) is 16.7. The molecule has 0 aromatic carbocycles. The molecule has 0 N–H and O–H groups in total. The Kier molecular flexibility index (Phi) is 34.6. The monoisotopic (exact) mass is 158 g/mol. The van der Waals surface area contributed by atoms with Crippen LogP contribution >= 0.6 is 0 Å². The van der Waals surface area contributed by atoms with Crippen LogP contribution in [0.5, 0.6) is 0 Å². The van der Waals surface area contributed by atoms with Gasteiger partial charge in [-0.25, -0.2) is 0 Å². The van der Waals surface area contributed by atoms with E-state index in [0.29, 0.717) is 0 Å². The van der Waals surface area contributed by atoms with Crippen molar-refractivity contribution in [1.82, 2.24) is 4.90 Å². The molecule has 0 aliphatic carbocycles. The predicted octanol–water partition coefficient (Wildman–Crippen LogP) is 2.77. The second kappa shape index (κ2) is 22.9. The van der Waals surface area contributed by atoms with E-state index in [9.17, 15) is 0 Å². The van der Waals surface area contributed by atoms with E-state index in [-0.39, 0.29) is 0 Å². The van der Waals surface area contributed by atoms with Gasteiger partial charge in [-0.2, -0.15) is 0 Å². The van der Waals surface area contributed by atoms with Crippen molar-refractivity contribution < 1.29 is 0 Å². The summed E-state index contributed by atoms with van der Waals surface area (Å²) in [6, 6.07) is 0. The quantitative estimate of drug-likeness (QED) is 0.445. The summed E-state index contributed by atoms with van der Waals surface area (Å²) in [7, 11) is 3.60. The molecule has 11 heavy (non-hydrogen) atoms. The standard InChI is InChI=1S/C5H10N2.2C2H6/c1-4-7(3)5-6-2;2*1-2/h4-5H,1H2,2-3H3;2*1-2H3. The summed E-state index contributed by atoms with van der Waals surface area (Å²) in [4.78, 5) is 5.51. The van der Waals surface area contributed by atoms with Gasteiger partial charge < -0.3 is 4.90 Å². The number of aliphatic imine (C=N–C) groups is 1. The summed E-state index contributed by atoms with van der Waals surface area (Å²) >= 11 is 0. The third kappa shape index (κ3) is 27.0. The van der Waals surface area contributed by atoms with Crippen LogP contribution in [-0.4, -0.2) is 25.3 Å². The lowest BCUT2D eigenvalue weighted by Crippen LogP contribution is -2.05. The van der Waals surface area contributed by atoms with Crippen molar-refractivity contribution in [3.63, 3.8) is 0 Å². The van der Waals surface area contributed by atoms with Crippen molar-refractivity contribution >= 4 is 6.34 Å². The van der Waals surface area contributed by atoms with Gasteiger partial charge in [-0.3, -0.25) is 4.99 Å². The highest BCUT2D eigenvalue weighted by Gasteiger charge is 1.72. The third-order valence-corrected chi connectivity index (χ3v) is 0.586. The normalized spacial score (nSPS) is 7.09. The molecule has 0 radical (unpaired) electrons. The van der Waals surface area contributed by atoms with E-state index in [1.807, 2.05) is 34.7 Å². The van der Waals surface area contributed by atoms with Gasteiger partial charge in [0.2, 0.25) is 0 Å². The highest BCUT2D eigenvalue weighted by Crippen LogP contribution is 1.70. The lowest BCUT2D eigenvalue weighted by molar-refractivity contribution is 0.712. The lowest BCUT2D eigenvalue weighted by atomic mass is 10.8. The molecule has 0 atom stereocenters. The Labute approximate surface area is 71.6 Å². The Morgan fingerprint density at radius 3 is 1.64 bits per heavy atom.